The lowest BCUT2D eigenvalue weighted by Crippen LogP contribution is -1.77. The Morgan fingerprint density at radius 1 is 0.800 bits per heavy atom. The first-order chi connectivity index (χ1) is 7.33. The molecular weight excluding hydrogens is 208 g/mol. The molecule has 0 atom stereocenters. The quantitative estimate of drug-likeness (QED) is 0.780. The van der Waals surface area contributed by atoms with E-state index in [1.807, 2.05) is 60.7 Å². The largest absolute Gasteiger partial charge is 0.392 e. The highest BCUT2D eigenvalue weighted by Crippen LogP contribution is 2.03. The van der Waals surface area contributed by atoms with Crippen LogP contribution in [0.1, 0.15) is 5.56 Å². The number of aliphatic hydroxyl groups excluding tert-OH is 1. The molecule has 78 valence electrons. The maximum absolute atomic E-state index is 8.54. The van der Waals surface area contributed by atoms with Gasteiger partial charge in [-0.2, -0.15) is 0 Å². The molecule has 0 aliphatic rings. The highest BCUT2D eigenvalue weighted by Gasteiger charge is 1.81. The highest BCUT2D eigenvalue weighted by molar-refractivity contribution is 6.30. The van der Waals surface area contributed by atoms with Gasteiger partial charge in [0.25, 0.3) is 0 Å². The maximum Gasteiger partial charge on any atom is 0.0681 e. The fourth-order valence-corrected chi connectivity index (χ4v) is 1.14. The predicted octanol–water partition coefficient (Wildman–Crippen LogP) is 3.52. The number of rotatable bonds is 1. The fraction of sp³-hybridized carbons (Fsp3) is 0.0769. The Balaban J connectivity index is 0.000000151. The lowest BCUT2D eigenvalue weighted by atomic mass is 10.2. The van der Waals surface area contributed by atoms with Crippen molar-refractivity contribution in [1.82, 2.24) is 0 Å². The van der Waals surface area contributed by atoms with Crippen LogP contribution >= 0.6 is 11.6 Å². The van der Waals surface area contributed by atoms with Crippen molar-refractivity contribution in [3.05, 3.63) is 71.2 Å². The van der Waals surface area contributed by atoms with Crippen molar-refractivity contribution >= 4 is 11.6 Å². The molecule has 0 saturated carbocycles. The molecule has 0 unspecified atom stereocenters. The first-order valence-corrected chi connectivity index (χ1v) is 5.06. The van der Waals surface area contributed by atoms with Gasteiger partial charge in [-0.3, -0.25) is 0 Å². The molecule has 2 aromatic carbocycles. The van der Waals surface area contributed by atoms with Gasteiger partial charge < -0.3 is 5.11 Å². The van der Waals surface area contributed by atoms with E-state index in [2.05, 4.69) is 0 Å². The Hall–Kier alpha value is -1.31. The smallest absolute Gasteiger partial charge is 0.0681 e. The van der Waals surface area contributed by atoms with Crippen molar-refractivity contribution in [1.29, 1.82) is 0 Å². The van der Waals surface area contributed by atoms with E-state index in [-0.39, 0.29) is 6.61 Å². The van der Waals surface area contributed by atoms with Gasteiger partial charge in [-0.25, -0.2) is 0 Å². The third kappa shape index (κ3) is 5.21. The van der Waals surface area contributed by atoms with Crippen LogP contribution in [-0.2, 0) is 6.61 Å². The molecule has 0 saturated heterocycles. The van der Waals surface area contributed by atoms with Gasteiger partial charge in [0, 0.05) is 5.02 Å². The summed E-state index contributed by atoms with van der Waals surface area (Å²) in [4.78, 5) is 0. The number of halogens is 1. The summed E-state index contributed by atoms with van der Waals surface area (Å²) in [6, 6.07) is 19.0. The van der Waals surface area contributed by atoms with Gasteiger partial charge in [-0.15, -0.1) is 0 Å². The zero-order chi connectivity index (χ0) is 10.9. The van der Waals surface area contributed by atoms with Crippen molar-refractivity contribution in [2.45, 2.75) is 6.61 Å². The molecule has 1 nitrogen and oxygen atoms in total. The topological polar surface area (TPSA) is 20.2 Å². The fourth-order valence-electron chi connectivity index (χ4n) is 0.998. The van der Waals surface area contributed by atoms with Crippen LogP contribution in [0.2, 0.25) is 5.02 Å². The minimum Gasteiger partial charge on any atom is -0.392 e. The van der Waals surface area contributed by atoms with Crippen molar-refractivity contribution in [3.8, 4) is 0 Å². The van der Waals surface area contributed by atoms with Crippen LogP contribution in [0.4, 0.5) is 0 Å². The molecule has 2 aromatic rings. The summed E-state index contributed by atoms with van der Waals surface area (Å²) in [5, 5.41) is 9.33. The van der Waals surface area contributed by atoms with Gasteiger partial charge >= 0.3 is 0 Å². The van der Waals surface area contributed by atoms with Crippen molar-refractivity contribution < 1.29 is 5.11 Å². The molecule has 0 aliphatic carbocycles. The van der Waals surface area contributed by atoms with Crippen LogP contribution in [0.25, 0.3) is 0 Å². The van der Waals surface area contributed by atoms with E-state index >= 15 is 0 Å². The van der Waals surface area contributed by atoms with Gasteiger partial charge in [0.05, 0.1) is 6.61 Å². The highest BCUT2D eigenvalue weighted by atomic mass is 35.5. The van der Waals surface area contributed by atoms with Crippen LogP contribution in [0.3, 0.4) is 0 Å². The molecule has 0 spiro atoms. The summed E-state index contributed by atoms with van der Waals surface area (Å²) in [5.41, 5.74) is 0.965. The Labute approximate surface area is 95.0 Å². The normalized spacial score (nSPS) is 8.93. The third-order valence-electron chi connectivity index (χ3n) is 1.76. The van der Waals surface area contributed by atoms with Crippen LogP contribution < -0.4 is 0 Å². The first-order valence-electron chi connectivity index (χ1n) is 4.68. The second-order valence-corrected chi connectivity index (χ2v) is 3.38. The summed E-state index contributed by atoms with van der Waals surface area (Å²) in [6.45, 7) is 0.140. The molecule has 0 bridgehead atoms. The molecular formula is C13H13ClO. The van der Waals surface area contributed by atoms with Gasteiger partial charge in [0.1, 0.15) is 0 Å². The third-order valence-corrected chi connectivity index (χ3v) is 2.01. The van der Waals surface area contributed by atoms with E-state index in [1.165, 1.54) is 0 Å². The number of hydrogen-bond donors (Lipinski definition) is 1. The molecule has 15 heavy (non-hydrogen) atoms. The molecule has 0 aliphatic heterocycles. The summed E-state index contributed by atoms with van der Waals surface area (Å²) < 4.78 is 0. The Morgan fingerprint density at radius 2 is 1.27 bits per heavy atom. The molecule has 2 rings (SSSR count). The Morgan fingerprint density at radius 3 is 1.53 bits per heavy atom. The van der Waals surface area contributed by atoms with Gasteiger partial charge in [0.2, 0.25) is 0 Å². The summed E-state index contributed by atoms with van der Waals surface area (Å²) in [5.74, 6) is 0. The van der Waals surface area contributed by atoms with E-state index < -0.39 is 0 Å². The van der Waals surface area contributed by atoms with Gasteiger partial charge in [-0.05, 0) is 17.7 Å². The standard InChI is InChI=1S/C7H8O.C6H5Cl/c8-6-7-4-2-1-3-5-7;7-6-4-2-1-3-5-6/h1-5,8H,6H2;1-5H. The lowest BCUT2D eigenvalue weighted by molar-refractivity contribution is 0.282. The zero-order valence-corrected chi connectivity index (χ0v) is 9.06. The van der Waals surface area contributed by atoms with Gasteiger partial charge in [0.15, 0.2) is 0 Å². The van der Waals surface area contributed by atoms with E-state index in [0.717, 1.165) is 10.6 Å². The zero-order valence-electron chi connectivity index (χ0n) is 8.31. The number of benzene rings is 2. The van der Waals surface area contributed by atoms with Crippen LogP contribution in [0.15, 0.2) is 60.7 Å². The molecule has 2 heteroatoms. The van der Waals surface area contributed by atoms with Gasteiger partial charge in [-0.1, -0.05) is 60.1 Å². The summed E-state index contributed by atoms with van der Waals surface area (Å²) >= 11 is 5.54. The molecule has 1 N–H and O–H groups in total. The maximum atomic E-state index is 8.54. The van der Waals surface area contributed by atoms with E-state index in [9.17, 15) is 0 Å². The van der Waals surface area contributed by atoms with Crippen molar-refractivity contribution in [3.63, 3.8) is 0 Å². The summed E-state index contributed by atoms with van der Waals surface area (Å²) in [6.07, 6.45) is 0. The van der Waals surface area contributed by atoms with Crippen LogP contribution in [-0.4, -0.2) is 5.11 Å². The second-order valence-electron chi connectivity index (χ2n) is 2.94. The predicted molar refractivity (Wildman–Crippen MR) is 63.8 cm³/mol. The molecule has 0 fully saturated rings. The minimum absolute atomic E-state index is 0.140. The molecule has 0 aromatic heterocycles. The van der Waals surface area contributed by atoms with E-state index in [4.69, 9.17) is 16.7 Å². The number of aliphatic hydroxyl groups is 1. The molecule has 0 radical (unpaired) electrons. The van der Waals surface area contributed by atoms with Crippen molar-refractivity contribution in [2.75, 3.05) is 0 Å². The Bertz CT molecular complexity index is 359. The average molecular weight is 221 g/mol. The average Bonchev–Trinajstić information content (AvgIpc) is 2.32. The Kier molecular flexibility index (Phi) is 5.52. The first kappa shape index (κ1) is 11.8. The number of hydrogen-bond acceptors (Lipinski definition) is 1. The SMILES string of the molecule is Clc1ccccc1.OCc1ccccc1. The van der Waals surface area contributed by atoms with E-state index in [0.29, 0.717) is 0 Å². The monoisotopic (exact) mass is 220 g/mol. The van der Waals surface area contributed by atoms with Crippen LogP contribution in [0.5, 0.6) is 0 Å². The van der Waals surface area contributed by atoms with E-state index in [1.54, 1.807) is 0 Å². The van der Waals surface area contributed by atoms with Crippen molar-refractivity contribution in [2.24, 2.45) is 0 Å². The van der Waals surface area contributed by atoms with Crippen LogP contribution in [0, 0.1) is 0 Å². The molecule has 0 amide bonds. The molecule has 0 heterocycles. The lowest BCUT2D eigenvalue weighted by Gasteiger charge is -1.89. The second kappa shape index (κ2) is 7.04. The summed E-state index contributed by atoms with van der Waals surface area (Å²) in [7, 11) is 0. The minimum atomic E-state index is 0.140.